The monoisotopic (exact) mass is 346 g/mol. The number of hydrogen-bond acceptors (Lipinski definition) is 5. The predicted molar refractivity (Wildman–Crippen MR) is 95.7 cm³/mol. The molecule has 1 fully saturated rings. The third kappa shape index (κ3) is 4.10. The first kappa shape index (κ1) is 16.9. The molecule has 0 spiro atoms. The molecule has 3 rings (SSSR count). The van der Waals surface area contributed by atoms with Crippen LogP contribution in [0.15, 0.2) is 46.3 Å². The first-order valence-corrected chi connectivity index (χ1v) is 9.63. The number of piperidine rings is 1. The van der Waals surface area contributed by atoms with Crippen LogP contribution in [0.4, 0.5) is 5.82 Å². The fraction of sp³-hybridized carbons (Fsp3) is 0.412. The quantitative estimate of drug-likeness (QED) is 0.852. The van der Waals surface area contributed by atoms with Gasteiger partial charge in [-0.3, -0.25) is 9.00 Å². The maximum atomic E-state index is 11.9. The van der Waals surface area contributed by atoms with E-state index in [4.69, 9.17) is 0 Å². The molecule has 0 amide bonds. The second-order valence-corrected chi connectivity index (χ2v) is 7.39. The van der Waals surface area contributed by atoms with E-state index in [1.165, 1.54) is 0 Å². The largest absolute Gasteiger partial charge is 0.350 e. The fourth-order valence-electron chi connectivity index (χ4n) is 2.97. The minimum Gasteiger partial charge on any atom is -0.350 e. The number of benzene rings is 1. The molecule has 0 saturated carbocycles. The maximum absolute atomic E-state index is 11.9. The van der Waals surface area contributed by atoms with Crippen LogP contribution in [-0.2, 0) is 17.3 Å². The van der Waals surface area contributed by atoms with Crippen molar-refractivity contribution in [3.63, 3.8) is 0 Å². The molecule has 0 bridgehead atoms. The molecule has 0 unspecified atom stereocenters. The van der Waals surface area contributed by atoms with Gasteiger partial charge in [0.25, 0.3) is 5.56 Å². The van der Waals surface area contributed by atoms with E-state index < -0.39 is 10.8 Å². The van der Waals surface area contributed by atoms with Crippen LogP contribution in [-0.4, -0.2) is 39.6 Å². The molecule has 1 aliphatic rings. The molecule has 2 N–H and O–H groups in total. The van der Waals surface area contributed by atoms with Gasteiger partial charge < -0.3 is 15.2 Å². The van der Waals surface area contributed by atoms with E-state index in [0.717, 1.165) is 42.9 Å². The summed E-state index contributed by atoms with van der Waals surface area (Å²) in [5, 5.41) is 3.55. The average Bonchev–Trinajstić information content (AvgIpc) is 2.61. The highest BCUT2D eigenvalue weighted by Gasteiger charge is 2.22. The summed E-state index contributed by atoms with van der Waals surface area (Å²) in [6.07, 6.45) is 6.97. The van der Waals surface area contributed by atoms with Crippen molar-refractivity contribution in [2.45, 2.75) is 30.3 Å². The second-order valence-electron chi connectivity index (χ2n) is 6.01. The number of anilines is 1. The lowest BCUT2D eigenvalue weighted by molar-refractivity contribution is 0.419. The lowest BCUT2D eigenvalue weighted by atomic mass is 10.1. The normalized spacial score (nSPS) is 19.2. The predicted octanol–water partition coefficient (Wildman–Crippen LogP) is 1.27. The standard InChI is InChI=1S/C17H22N4O2S/c1-24(23)15-6-4-13(5-7-15)11-20-14-3-2-10-21(12-14)16-17(22)19-9-8-18-16/h4-9,14,20H,2-3,10-12H2,1H3,(H,19,22)/t14-,24+/m1/s1. The smallest absolute Gasteiger partial charge is 0.290 e. The first-order valence-electron chi connectivity index (χ1n) is 8.08. The van der Waals surface area contributed by atoms with Gasteiger partial charge >= 0.3 is 0 Å². The van der Waals surface area contributed by atoms with Gasteiger partial charge in [-0.05, 0) is 30.5 Å². The Labute approximate surface area is 143 Å². The summed E-state index contributed by atoms with van der Waals surface area (Å²) in [6.45, 7) is 2.39. The molecular formula is C17H22N4O2S. The summed E-state index contributed by atoms with van der Waals surface area (Å²) >= 11 is 0. The van der Waals surface area contributed by atoms with Gasteiger partial charge in [0.1, 0.15) is 0 Å². The molecule has 128 valence electrons. The summed E-state index contributed by atoms with van der Waals surface area (Å²) in [4.78, 5) is 21.7. The summed E-state index contributed by atoms with van der Waals surface area (Å²) in [5.41, 5.74) is 1.03. The zero-order chi connectivity index (χ0) is 16.9. The van der Waals surface area contributed by atoms with Gasteiger partial charge in [0.05, 0.1) is 0 Å². The molecule has 2 atom stereocenters. The Balaban J connectivity index is 1.58. The Bertz CT molecular complexity index is 760. The van der Waals surface area contributed by atoms with Crippen LogP contribution in [0.25, 0.3) is 0 Å². The van der Waals surface area contributed by atoms with Gasteiger partial charge in [-0.15, -0.1) is 0 Å². The summed E-state index contributed by atoms with van der Waals surface area (Å²) in [5.74, 6) is 0.499. The first-order chi connectivity index (χ1) is 11.6. The number of rotatable bonds is 5. The highest BCUT2D eigenvalue weighted by Crippen LogP contribution is 2.15. The molecule has 1 aromatic heterocycles. The Morgan fingerprint density at radius 1 is 1.38 bits per heavy atom. The molecule has 1 saturated heterocycles. The van der Waals surface area contributed by atoms with Crippen LogP contribution in [0.1, 0.15) is 18.4 Å². The molecule has 7 heteroatoms. The number of nitrogens with zero attached hydrogens (tertiary/aromatic N) is 2. The zero-order valence-electron chi connectivity index (χ0n) is 13.7. The summed E-state index contributed by atoms with van der Waals surface area (Å²) in [6, 6.07) is 8.16. The zero-order valence-corrected chi connectivity index (χ0v) is 14.5. The van der Waals surface area contributed by atoms with Crippen molar-refractivity contribution in [1.29, 1.82) is 0 Å². The Morgan fingerprint density at radius 3 is 2.88 bits per heavy atom. The van der Waals surface area contributed by atoms with E-state index >= 15 is 0 Å². The Kier molecular flexibility index (Phi) is 5.42. The number of nitrogens with one attached hydrogen (secondary N) is 2. The Morgan fingerprint density at radius 2 is 2.17 bits per heavy atom. The van der Waals surface area contributed by atoms with E-state index in [2.05, 4.69) is 15.3 Å². The lowest BCUT2D eigenvalue weighted by Gasteiger charge is -2.33. The molecule has 2 heterocycles. The minimum absolute atomic E-state index is 0.138. The van der Waals surface area contributed by atoms with Crippen molar-refractivity contribution in [3.8, 4) is 0 Å². The van der Waals surface area contributed by atoms with Crippen molar-refractivity contribution < 1.29 is 4.21 Å². The minimum atomic E-state index is -0.940. The number of H-pyrrole nitrogens is 1. The van der Waals surface area contributed by atoms with Crippen molar-refractivity contribution in [1.82, 2.24) is 15.3 Å². The van der Waals surface area contributed by atoms with Crippen LogP contribution in [0.2, 0.25) is 0 Å². The summed E-state index contributed by atoms with van der Waals surface area (Å²) < 4.78 is 11.4. The lowest BCUT2D eigenvalue weighted by Crippen LogP contribution is -2.47. The SMILES string of the molecule is C[S@](=O)c1ccc(CN[C@@H]2CCCN(c3ncc[nH]c3=O)C2)cc1. The van der Waals surface area contributed by atoms with Gasteiger partial charge in [0, 0.05) is 60.0 Å². The van der Waals surface area contributed by atoms with Crippen molar-refractivity contribution >= 4 is 16.6 Å². The topological polar surface area (TPSA) is 78.1 Å². The molecule has 6 nitrogen and oxygen atoms in total. The van der Waals surface area contributed by atoms with Gasteiger partial charge in [0.2, 0.25) is 0 Å². The van der Waals surface area contributed by atoms with Crippen molar-refractivity contribution in [2.75, 3.05) is 24.2 Å². The number of hydrogen-bond donors (Lipinski definition) is 2. The van der Waals surface area contributed by atoms with Crippen LogP contribution < -0.4 is 15.8 Å². The van der Waals surface area contributed by atoms with Crippen LogP contribution >= 0.6 is 0 Å². The number of aromatic nitrogens is 2. The van der Waals surface area contributed by atoms with E-state index in [9.17, 15) is 9.00 Å². The van der Waals surface area contributed by atoms with E-state index in [1.807, 2.05) is 29.2 Å². The molecule has 0 aliphatic carbocycles. The molecule has 1 aliphatic heterocycles. The molecule has 0 radical (unpaired) electrons. The second kappa shape index (κ2) is 7.72. The van der Waals surface area contributed by atoms with E-state index in [1.54, 1.807) is 18.6 Å². The van der Waals surface area contributed by atoms with Crippen LogP contribution in [0.5, 0.6) is 0 Å². The van der Waals surface area contributed by atoms with E-state index in [-0.39, 0.29) is 5.56 Å². The van der Waals surface area contributed by atoms with Gasteiger partial charge in [0.15, 0.2) is 5.82 Å². The third-order valence-electron chi connectivity index (χ3n) is 4.26. The van der Waals surface area contributed by atoms with Gasteiger partial charge in [-0.25, -0.2) is 4.98 Å². The van der Waals surface area contributed by atoms with Gasteiger partial charge in [-0.2, -0.15) is 0 Å². The molecule has 24 heavy (non-hydrogen) atoms. The molecule has 2 aromatic rings. The van der Waals surface area contributed by atoms with Crippen LogP contribution in [0.3, 0.4) is 0 Å². The van der Waals surface area contributed by atoms with Crippen molar-refractivity contribution in [3.05, 3.63) is 52.6 Å². The van der Waals surface area contributed by atoms with Gasteiger partial charge in [-0.1, -0.05) is 12.1 Å². The summed E-state index contributed by atoms with van der Waals surface area (Å²) in [7, 11) is -0.940. The van der Waals surface area contributed by atoms with E-state index in [0.29, 0.717) is 11.9 Å². The maximum Gasteiger partial charge on any atom is 0.290 e. The fourth-order valence-corrected chi connectivity index (χ4v) is 3.49. The highest BCUT2D eigenvalue weighted by atomic mass is 32.2. The molecular weight excluding hydrogens is 324 g/mol. The third-order valence-corrected chi connectivity index (χ3v) is 5.20. The van der Waals surface area contributed by atoms with Crippen molar-refractivity contribution in [2.24, 2.45) is 0 Å². The average molecular weight is 346 g/mol. The number of aromatic amines is 1. The highest BCUT2D eigenvalue weighted by molar-refractivity contribution is 7.84. The van der Waals surface area contributed by atoms with Crippen LogP contribution in [0, 0.1) is 0 Å². The molecule has 1 aromatic carbocycles. The Hall–Kier alpha value is -1.99.